The number of amides is 2. The van der Waals surface area contributed by atoms with E-state index in [4.69, 9.17) is 9.47 Å². The highest BCUT2D eigenvalue weighted by molar-refractivity contribution is 6.72. The zero-order valence-corrected chi connectivity index (χ0v) is 33.3. The number of β-lactam (4-membered cyclic amide) rings is 1. The Labute approximate surface area is 318 Å². The van der Waals surface area contributed by atoms with Gasteiger partial charge >= 0.3 is 5.97 Å². The third kappa shape index (κ3) is 7.58. The van der Waals surface area contributed by atoms with E-state index < -0.39 is 43.8 Å². The number of aliphatic hydroxyl groups is 1. The lowest BCUT2D eigenvalue weighted by Gasteiger charge is -2.39. The predicted octanol–water partition coefficient (Wildman–Crippen LogP) is 6.93. The van der Waals surface area contributed by atoms with E-state index in [1.165, 1.54) is 17.4 Å². The number of esters is 1. The first-order valence-corrected chi connectivity index (χ1v) is 21.8. The van der Waals surface area contributed by atoms with Gasteiger partial charge in [0.05, 0.1) is 36.4 Å². The van der Waals surface area contributed by atoms with Crippen molar-refractivity contribution in [2.45, 2.75) is 109 Å². The van der Waals surface area contributed by atoms with Gasteiger partial charge in [0.1, 0.15) is 0 Å². The lowest BCUT2D eigenvalue weighted by atomic mass is 9.82. The lowest BCUT2D eigenvalue weighted by molar-refractivity contribution is -0.153. The molecule has 288 valence electrons. The van der Waals surface area contributed by atoms with Crippen LogP contribution in [0.3, 0.4) is 0 Å². The third-order valence-corrected chi connectivity index (χ3v) is 13.5. The minimum atomic E-state index is -3.46. The topological polar surface area (TPSA) is 127 Å². The molecule has 2 saturated heterocycles. The molecule has 2 aromatic carbocycles. The fraction of sp³-hybridized carbons (Fsp3) is 0.488. The second-order valence-electron chi connectivity index (χ2n) is 15.6. The predicted molar refractivity (Wildman–Crippen MR) is 207 cm³/mol. The van der Waals surface area contributed by atoms with E-state index in [0.29, 0.717) is 42.1 Å². The number of anilines is 2. The van der Waals surface area contributed by atoms with Gasteiger partial charge in [-0.1, -0.05) is 65.8 Å². The summed E-state index contributed by atoms with van der Waals surface area (Å²) >= 11 is 0. The van der Waals surface area contributed by atoms with Gasteiger partial charge in [-0.2, -0.15) is 0 Å². The molecule has 11 nitrogen and oxygen atoms in total. The van der Waals surface area contributed by atoms with Crippen LogP contribution >= 0.6 is 0 Å². The fourth-order valence-electron chi connectivity index (χ4n) is 8.45. The van der Waals surface area contributed by atoms with Crippen molar-refractivity contribution in [2.75, 3.05) is 23.0 Å². The van der Waals surface area contributed by atoms with Gasteiger partial charge in [-0.25, -0.2) is 0 Å². The van der Waals surface area contributed by atoms with Crippen LogP contribution in [-0.2, 0) is 36.0 Å². The van der Waals surface area contributed by atoms with Gasteiger partial charge in [0.15, 0.2) is 11.8 Å². The number of aromatic nitrogens is 3. The van der Waals surface area contributed by atoms with Crippen molar-refractivity contribution < 1.29 is 33.1 Å². The van der Waals surface area contributed by atoms with Gasteiger partial charge in [-0.05, 0) is 76.9 Å². The summed E-state index contributed by atoms with van der Waals surface area (Å²) in [5, 5.41) is 18.9. The van der Waals surface area contributed by atoms with Gasteiger partial charge in [-0.15, -0.1) is 5.10 Å². The van der Waals surface area contributed by atoms with Gasteiger partial charge in [-0.3, -0.25) is 24.0 Å². The molecule has 2 fully saturated rings. The van der Waals surface area contributed by atoms with E-state index in [2.05, 4.69) is 43.2 Å². The number of benzene rings is 2. The molecule has 54 heavy (non-hydrogen) atoms. The molecule has 3 aliphatic heterocycles. The number of aryl methyl sites for hydroxylation is 1. The number of fused-ring (bicyclic) bond motifs is 2. The minimum Gasteiger partial charge on any atom is -0.441 e. The zero-order valence-electron chi connectivity index (χ0n) is 32.3. The number of hydrogen-bond acceptors (Lipinski definition) is 8. The number of carbonyl (C=O) groups excluding carboxylic acids is 3. The normalized spacial score (nSPS) is 24.5. The molecule has 0 saturated carbocycles. The number of nitrogens with zero attached hydrogens (tertiary/aromatic N) is 5. The van der Waals surface area contributed by atoms with Crippen molar-refractivity contribution in [1.29, 1.82) is 0 Å². The Bertz CT molecular complexity index is 1940. The maximum absolute atomic E-state index is 16.6. The van der Waals surface area contributed by atoms with Crippen molar-refractivity contribution in [2.24, 2.45) is 5.92 Å². The first-order valence-electron chi connectivity index (χ1n) is 18.8. The highest BCUT2D eigenvalue weighted by atomic mass is 28.4. The van der Waals surface area contributed by atoms with E-state index in [0.717, 1.165) is 24.0 Å². The summed E-state index contributed by atoms with van der Waals surface area (Å²) < 4.78 is 30.7. The van der Waals surface area contributed by atoms with Crippen LogP contribution < -0.4 is 9.80 Å². The second-order valence-corrected chi connectivity index (χ2v) is 19.4. The van der Waals surface area contributed by atoms with Crippen LogP contribution in [0.5, 0.6) is 0 Å². The molecular weight excluding hydrogens is 706 g/mol. The van der Waals surface area contributed by atoms with Crippen molar-refractivity contribution >= 4 is 37.6 Å². The van der Waals surface area contributed by atoms with Crippen molar-refractivity contribution in [1.82, 2.24) is 15.0 Å². The van der Waals surface area contributed by atoms with Crippen LogP contribution in [-0.4, -0.2) is 71.8 Å². The SMILES string of the molecule is CC(=O)OC1CC(=O)N1c1ccc2c(c1)[C@]1(O[C@@H](CCn3cc(C(CO)c4ccccc4)nn3)[C@H]([Si](C)(C)F)[C@H]1C)C(=O)N2C/C=C(\C)CCC=C(C)C. The smallest absolute Gasteiger partial charge is 0.304 e. The zero-order chi connectivity index (χ0) is 38.9. The van der Waals surface area contributed by atoms with Crippen LogP contribution in [0.2, 0.25) is 18.6 Å². The molecule has 4 heterocycles. The minimum absolute atomic E-state index is 0.0662. The number of halogens is 1. The molecule has 3 aromatic rings. The Morgan fingerprint density at radius 3 is 2.52 bits per heavy atom. The van der Waals surface area contributed by atoms with Crippen LogP contribution in [0.4, 0.5) is 15.5 Å². The molecule has 0 bridgehead atoms. The number of aliphatic hydroxyl groups excluding tert-OH is 1. The first kappa shape index (κ1) is 39.2. The number of carbonyl (C=O) groups is 3. The van der Waals surface area contributed by atoms with Crippen molar-refractivity contribution in [3.63, 3.8) is 0 Å². The third-order valence-electron chi connectivity index (χ3n) is 11.1. The molecule has 6 atom stereocenters. The molecule has 2 unspecified atom stereocenters. The molecule has 0 radical (unpaired) electrons. The molecule has 2 amide bonds. The maximum atomic E-state index is 16.6. The Morgan fingerprint density at radius 2 is 1.87 bits per heavy atom. The average Bonchev–Trinajstić information content (AvgIpc) is 3.76. The van der Waals surface area contributed by atoms with Gasteiger partial charge in [0.2, 0.25) is 14.3 Å². The number of rotatable bonds is 14. The maximum Gasteiger partial charge on any atom is 0.304 e. The summed E-state index contributed by atoms with van der Waals surface area (Å²) in [7, 11) is -3.46. The van der Waals surface area contributed by atoms with E-state index in [1.807, 2.05) is 43.3 Å². The van der Waals surface area contributed by atoms with Crippen molar-refractivity contribution in [3.8, 4) is 0 Å². The summed E-state index contributed by atoms with van der Waals surface area (Å²) in [6.45, 7) is 13.3. The largest absolute Gasteiger partial charge is 0.441 e. The molecule has 6 rings (SSSR count). The monoisotopic (exact) mass is 757 g/mol. The van der Waals surface area contributed by atoms with Crippen LogP contribution in [0.15, 0.2) is 78.0 Å². The van der Waals surface area contributed by atoms with Crippen LogP contribution in [0, 0.1) is 5.92 Å². The number of ether oxygens (including phenoxy) is 2. The Kier molecular flexibility index (Phi) is 11.4. The van der Waals surface area contributed by atoms with Crippen LogP contribution in [0.1, 0.15) is 83.0 Å². The van der Waals surface area contributed by atoms with Gasteiger partial charge in [0, 0.05) is 48.9 Å². The van der Waals surface area contributed by atoms with E-state index in [9.17, 15) is 19.5 Å². The molecule has 13 heteroatoms. The molecule has 1 spiro atoms. The molecule has 1 aromatic heterocycles. The standard InChI is InChI=1S/C41H52FN5O6Si/c1-26(2)12-11-13-27(3)18-21-46-35-17-16-31(47-37(50)23-38(47)52-29(5)49)22-33(35)41(40(46)51)28(4)39(54(6,7)42)36(53-41)19-20-45-24-34(43-44-45)32(25-48)30-14-9-8-10-15-30/h8-10,12,14-18,22,24,28,32,36,38-39,48H,11,13,19-21,23,25H2,1-7H3/b27-18+/t28-,32?,36+,38?,39-,41+/m1/s1. The summed E-state index contributed by atoms with van der Waals surface area (Å²) in [5.41, 5.74) is 3.61. The van der Waals surface area contributed by atoms with Crippen LogP contribution in [0.25, 0.3) is 0 Å². The lowest BCUT2D eigenvalue weighted by Crippen LogP contribution is -2.55. The number of allylic oxidation sites excluding steroid dienone is 3. The van der Waals surface area contributed by atoms with E-state index in [1.54, 1.807) is 41.0 Å². The molecular formula is C41H52FN5O6Si. The molecule has 3 aliphatic rings. The summed E-state index contributed by atoms with van der Waals surface area (Å²) in [5.74, 6) is -1.84. The van der Waals surface area contributed by atoms with Crippen molar-refractivity contribution in [3.05, 3.63) is 94.8 Å². The number of hydrogen-bond donors (Lipinski definition) is 1. The average molecular weight is 758 g/mol. The quantitative estimate of drug-likeness (QED) is 0.0617. The summed E-state index contributed by atoms with van der Waals surface area (Å²) in [4.78, 5) is 42.8. The molecule has 0 aliphatic carbocycles. The second kappa shape index (κ2) is 15.7. The Balaban J connectivity index is 1.33. The molecule has 1 N–H and O–H groups in total. The van der Waals surface area contributed by atoms with Gasteiger partial charge in [0.25, 0.3) is 5.91 Å². The summed E-state index contributed by atoms with van der Waals surface area (Å²) in [6.07, 6.45) is 6.87. The summed E-state index contributed by atoms with van der Waals surface area (Å²) in [6, 6.07) is 15.0. The van der Waals surface area contributed by atoms with E-state index >= 15 is 4.11 Å². The Morgan fingerprint density at radius 1 is 1.13 bits per heavy atom. The highest BCUT2D eigenvalue weighted by Crippen LogP contribution is 2.60. The van der Waals surface area contributed by atoms with Gasteiger partial charge < -0.3 is 23.6 Å². The first-order chi connectivity index (χ1) is 25.6. The fourth-order valence-corrected chi connectivity index (χ4v) is 11.0. The highest BCUT2D eigenvalue weighted by Gasteiger charge is 2.66. The Hall–Kier alpha value is -4.46. The van der Waals surface area contributed by atoms with E-state index in [-0.39, 0.29) is 30.8 Å².